The van der Waals surface area contributed by atoms with E-state index in [1.165, 1.54) is 6.92 Å². The van der Waals surface area contributed by atoms with Gasteiger partial charge in [-0.25, -0.2) is 0 Å². The number of rotatable bonds is 3. The van der Waals surface area contributed by atoms with Crippen molar-refractivity contribution in [2.75, 3.05) is 0 Å². The smallest absolute Gasteiger partial charge is 0.277 e. The fourth-order valence-corrected chi connectivity index (χ4v) is 1.13. The Bertz CT molecular complexity index is 481. The van der Waals surface area contributed by atoms with Crippen molar-refractivity contribution < 1.29 is 15.0 Å². The second kappa shape index (κ2) is 4.39. The zero-order valence-electron chi connectivity index (χ0n) is 8.28. The summed E-state index contributed by atoms with van der Waals surface area (Å²) in [6.07, 6.45) is 1.55. The van der Waals surface area contributed by atoms with E-state index in [4.69, 9.17) is 0 Å². The Morgan fingerprint density at radius 1 is 1.31 bits per heavy atom. The molecule has 0 bridgehead atoms. The predicted octanol–water partition coefficient (Wildman–Crippen LogP) is 1.86. The SMILES string of the molecule is Cc1cc([N+](=O)[O-])c(/C=C/[N+](=O)[O-])cc1O. The second-order valence-corrected chi connectivity index (χ2v) is 3.06. The van der Waals surface area contributed by atoms with Crippen LogP contribution in [-0.4, -0.2) is 15.0 Å². The molecule has 0 heterocycles. The molecule has 0 radical (unpaired) electrons. The highest BCUT2D eigenvalue weighted by Gasteiger charge is 2.15. The zero-order chi connectivity index (χ0) is 12.3. The van der Waals surface area contributed by atoms with Gasteiger partial charge in [0.25, 0.3) is 5.69 Å². The highest BCUT2D eigenvalue weighted by molar-refractivity contribution is 5.63. The molecule has 0 aliphatic carbocycles. The summed E-state index contributed by atoms with van der Waals surface area (Å²) in [7, 11) is 0. The lowest BCUT2D eigenvalue weighted by atomic mass is 10.1. The summed E-state index contributed by atoms with van der Waals surface area (Å²) in [6.45, 7) is 1.50. The minimum atomic E-state index is -0.735. The van der Waals surface area contributed by atoms with E-state index in [0.29, 0.717) is 11.8 Å². The van der Waals surface area contributed by atoms with E-state index in [0.717, 1.165) is 18.2 Å². The van der Waals surface area contributed by atoms with Crippen LogP contribution in [0.15, 0.2) is 18.3 Å². The first-order valence-corrected chi connectivity index (χ1v) is 4.21. The van der Waals surface area contributed by atoms with Gasteiger partial charge in [-0.3, -0.25) is 20.2 Å². The average molecular weight is 224 g/mol. The van der Waals surface area contributed by atoms with Crippen LogP contribution in [0.4, 0.5) is 5.69 Å². The van der Waals surface area contributed by atoms with Crippen molar-refractivity contribution in [3.63, 3.8) is 0 Å². The van der Waals surface area contributed by atoms with Crippen LogP contribution in [-0.2, 0) is 0 Å². The molecule has 0 unspecified atom stereocenters. The normalized spacial score (nSPS) is 10.6. The molecule has 0 aliphatic rings. The van der Waals surface area contributed by atoms with E-state index >= 15 is 0 Å². The lowest BCUT2D eigenvalue weighted by Gasteiger charge is -2.01. The molecule has 1 rings (SSSR count). The number of aromatic hydroxyl groups is 1. The summed E-state index contributed by atoms with van der Waals surface area (Å²) in [6, 6.07) is 2.28. The molecule has 0 aliphatic heterocycles. The minimum Gasteiger partial charge on any atom is -0.508 e. The largest absolute Gasteiger partial charge is 0.508 e. The quantitative estimate of drug-likeness (QED) is 0.622. The summed E-state index contributed by atoms with van der Waals surface area (Å²) in [5.74, 6) is -0.145. The number of nitro groups is 2. The maximum Gasteiger partial charge on any atom is 0.277 e. The molecule has 0 saturated carbocycles. The highest BCUT2D eigenvalue weighted by atomic mass is 16.6. The summed E-state index contributed by atoms with van der Waals surface area (Å²) in [5.41, 5.74) is 0.0446. The van der Waals surface area contributed by atoms with E-state index in [9.17, 15) is 25.3 Å². The van der Waals surface area contributed by atoms with E-state index < -0.39 is 9.85 Å². The number of phenolic OH excluding ortho intramolecular Hbond substituents is 1. The van der Waals surface area contributed by atoms with Crippen molar-refractivity contribution in [1.82, 2.24) is 0 Å². The second-order valence-electron chi connectivity index (χ2n) is 3.06. The first-order chi connectivity index (χ1) is 7.41. The van der Waals surface area contributed by atoms with Gasteiger partial charge >= 0.3 is 0 Å². The lowest BCUT2D eigenvalue weighted by Crippen LogP contribution is -1.93. The molecule has 0 spiro atoms. The molecule has 0 saturated heterocycles. The molecule has 0 fully saturated rings. The molecule has 1 aromatic rings. The van der Waals surface area contributed by atoms with Crippen molar-refractivity contribution >= 4 is 11.8 Å². The summed E-state index contributed by atoms with van der Waals surface area (Å²) in [4.78, 5) is 19.3. The molecule has 16 heavy (non-hydrogen) atoms. The van der Waals surface area contributed by atoms with Crippen molar-refractivity contribution in [2.45, 2.75) is 6.92 Å². The lowest BCUT2D eigenvalue weighted by molar-refractivity contribution is -0.401. The van der Waals surface area contributed by atoms with Crippen molar-refractivity contribution in [2.24, 2.45) is 0 Å². The number of phenols is 1. The van der Waals surface area contributed by atoms with Gasteiger partial charge in [-0.15, -0.1) is 0 Å². The van der Waals surface area contributed by atoms with Crippen LogP contribution in [0.2, 0.25) is 0 Å². The number of nitrogens with zero attached hydrogens (tertiary/aromatic N) is 2. The third-order valence-electron chi connectivity index (χ3n) is 1.92. The van der Waals surface area contributed by atoms with Crippen LogP contribution in [0.1, 0.15) is 11.1 Å². The monoisotopic (exact) mass is 224 g/mol. The van der Waals surface area contributed by atoms with Crippen LogP contribution < -0.4 is 0 Å². The molecule has 84 valence electrons. The molecular weight excluding hydrogens is 216 g/mol. The van der Waals surface area contributed by atoms with Gasteiger partial charge in [0.15, 0.2) is 0 Å². The predicted molar refractivity (Wildman–Crippen MR) is 55.5 cm³/mol. The van der Waals surface area contributed by atoms with E-state index in [-0.39, 0.29) is 17.0 Å². The first-order valence-electron chi connectivity index (χ1n) is 4.21. The van der Waals surface area contributed by atoms with Crippen LogP contribution >= 0.6 is 0 Å². The Balaban J connectivity index is 3.30. The van der Waals surface area contributed by atoms with Gasteiger partial charge in [0.1, 0.15) is 5.75 Å². The maximum absolute atomic E-state index is 10.7. The van der Waals surface area contributed by atoms with Gasteiger partial charge in [0.2, 0.25) is 6.20 Å². The van der Waals surface area contributed by atoms with Crippen molar-refractivity contribution in [1.29, 1.82) is 0 Å². The number of nitro benzene ring substituents is 1. The van der Waals surface area contributed by atoms with Crippen molar-refractivity contribution in [3.05, 3.63) is 49.7 Å². The third kappa shape index (κ3) is 2.53. The molecule has 0 aromatic heterocycles. The molecule has 0 amide bonds. The Hall–Kier alpha value is -2.44. The van der Waals surface area contributed by atoms with Gasteiger partial charge in [0.05, 0.1) is 15.4 Å². The Morgan fingerprint density at radius 2 is 1.94 bits per heavy atom. The minimum absolute atomic E-state index is 0.00944. The Kier molecular flexibility index (Phi) is 3.19. The maximum atomic E-state index is 10.7. The van der Waals surface area contributed by atoms with Gasteiger partial charge in [0, 0.05) is 12.1 Å². The van der Waals surface area contributed by atoms with Gasteiger partial charge < -0.3 is 5.11 Å². The molecule has 1 aromatic carbocycles. The van der Waals surface area contributed by atoms with E-state index in [1.807, 2.05) is 0 Å². The molecular formula is C9H8N2O5. The fraction of sp³-hybridized carbons (Fsp3) is 0.111. The van der Waals surface area contributed by atoms with Gasteiger partial charge in [-0.05, 0) is 18.6 Å². The summed E-state index contributed by atoms with van der Waals surface area (Å²) < 4.78 is 0. The Morgan fingerprint density at radius 3 is 2.44 bits per heavy atom. The number of aryl methyl sites for hydroxylation is 1. The summed E-state index contributed by atoms with van der Waals surface area (Å²) in [5, 5.41) is 30.1. The van der Waals surface area contributed by atoms with Crippen LogP contribution in [0.5, 0.6) is 5.75 Å². The first kappa shape index (κ1) is 11.6. The zero-order valence-corrected chi connectivity index (χ0v) is 8.28. The van der Waals surface area contributed by atoms with Crippen molar-refractivity contribution in [3.8, 4) is 5.75 Å². The average Bonchev–Trinajstić information content (AvgIpc) is 2.18. The van der Waals surface area contributed by atoms with Crippen LogP contribution in [0, 0.1) is 27.2 Å². The number of hydrogen-bond donors (Lipinski definition) is 1. The highest BCUT2D eigenvalue weighted by Crippen LogP contribution is 2.28. The van der Waals surface area contributed by atoms with E-state index in [1.54, 1.807) is 0 Å². The Labute approximate surface area is 89.9 Å². The number of hydrogen-bond acceptors (Lipinski definition) is 5. The molecule has 0 atom stereocenters. The summed E-state index contributed by atoms with van der Waals surface area (Å²) >= 11 is 0. The molecule has 7 nitrogen and oxygen atoms in total. The molecule has 1 N–H and O–H groups in total. The fourth-order valence-electron chi connectivity index (χ4n) is 1.13. The number of benzene rings is 1. The van der Waals surface area contributed by atoms with Gasteiger partial charge in [-0.1, -0.05) is 0 Å². The topological polar surface area (TPSA) is 107 Å². The van der Waals surface area contributed by atoms with Gasteiger partial charge in [-0.2, -0.15) is 0 Å². The third-order valence-corrected chi connectivity index (χ3v) is 1.92. The van der Waals surface area contributed by atoms with E-state index in [2.05, 4.69) is 0 Å². The van der Waals surface area contributed by atoms with Crippen LogP contribution in [0.3, 0.4) is 0 Å². The molecule has 7 heteroatoms. The van der Waals surface area contributed by atoms with Crippen LogP contribution in [0.25, 0.3) is 6.08 Å². The standard InChI is InChI=1S/C9H8N2O5/c1-6-4-8(11(15)16)7(5-9(6)12)2-3-10(13)14/h2-5,12H,1H3/b3-2+.